The summed E-state index contributed by atoms with van der Waals surface area (Å²) < 4.78 is 41.9. The molecule has 1 aliphatic rings. The van der Waals surface area contributed by atoms with Gasteiger partial charge in [-0.15, -0.1) is 0 Å². The zero-order valence-corrected chi connectivity index (χ0v) is 15.2. The largest absolute Gasteiger partial charge is 0.279 e. The van der Waals surface area contributed by atoms with E-state index in [1.54, 1.807) is 36.4 Å². The van der Waals surface area contributed by atoms with Crippen molar-refractivity contribution in [1.29, 1.82) is 0 Å². The fourth-order valence-corrected chi connectivity index (χ4v) is 4.64. The molecular formula is C21H17FN2O2S. The molecule has 0 amide bonds. The fourth-order valence-electron chi connectivity index (χ4n) is 3.19. The second kappa shape index (κ2) is 6.96. The van der Waals surface area contributed by atoms with Gasteiger partial charge in [-0.2, -0.15) is 17.9 Å². The molecule has 4 rings (SSSR count). The molecule has 6 heteroatoms. The van der Waals surface area contributed by atoms with Crippen molar-refractivity contribution in [2.75, 3.05) is 0 Å². The van der Waals surface area contributed by atoms with Crippen molar-refractivity contribution in [3.63, 3.8) is 0 Å². The van der Waals surface area contributed by atoms with Gasteiger partial charge in [0.25, 0.3) is 10.0 Å². The van der Waals surface area contributed by atoms with Crippen LogP contribution in [0.1, 0.15) is 23.6 Å². The van der Waals surface area contributed by atoms with Crippen LogP contribution in [-0.2, 0) is 10.0 Å². The van der Waals surface area contributed by atoms with Gasteiger partial charge in [0.15, 0.2) is 0 Å². The maximum absolute atomic E-state index is 14.5. The van der Waals surface area contributed by atoms with Crippen LogP contribution in [0.5, 0.6) is 0 Å². The third-order valence-electron chi connectivity index (χ3n) is 4.53. The fraction of sp³-hybridized carbons (Fsp3) is 0.0952. The number of rotatable bonds is 4. The monoisotopic (exact) mass is 380 g/mol. The quantitative estimate of drug-likeness (QED) is 0.675. The highest BCUT2D eigenvalue weighted by Crippen LogP contribution is 2.37. The van der Waals surface area contributed by atoms with Crippen LogP contribution in [0.25, 0.3) is 0 Å². The lowest BCUT2D eigenvalue weighted by molar-refractivity contribution is 0.362. The standard InChI is InChI=1S/C21H17FN2O2S/c22-19-14-8-7-13-18(19)21-15-20(16-9-3-1-4-10-16)23-24(21)27(25,26)17-11-5-2-6-12-17/h1-14,21H,15H2/t21-/m0/s1. The number of halogens is 1. The van der Waals surface area contributed by atoms with Crippen molar-refractivity contribution in [3.8, 4) is 0 Å². The molecule has 0 saturated carbocycles. The number of benzene rings is 3. The molecule has 0 aliphatic carbocycles. The lowest BCUT2D eigenvalue weighted by Crippen LogP contribution is -2.27. The number of nitrogens with zero attached hydrogens (tertiary/aromatic N) is 2. The minimum absolute atomic E-state index is 0.129. The van der Waals surface area contributed by atoms with E-state index in [1.807, 2.05) is 30.3 Å². The van der Waals surface area contributed by atoms with E-state index in [2.05, 4.69) is 5.10 Å². The first-order chi connectivity index (χ1) is 13.1. The van der Waals surface area contributed by atoms with E-state index in [1.165, 1.54) is 18.2 Å². The van der Waals surface area contributed by atoms with Gasteiger partial charge in [0.1, 0.15) is 5.82 Å². The van der Waals surface area contributed by atoms with E-state index >= 15 is 0 Å². The minimum atomic E-state index is -3.91. The molecule has 0 fully saturated rings. The predicted octanol–water partition coefficient (Wildman–Crippen LogP) is 4.37. The molecule has 4 nitrogen and oxygen atoms in total. The molecule has 136 valence electrons. The summed E-state index contributed by atoms with van der Waals surface area (Å²) in [6.45, 7) is 0. The SMILES string of the molecule is O=S(=O)(c1ccccc1)N1N=C(c2ccccc2)C[C@H]1c1ccccc1F. The van der Waals surface area contributed by atoms with Gasteiger partial charge in [0.05, 0.1) is 16.6 Å². The molecule has 1 aliphatic heterocycles. The number of hydrogen-bond donors (Lipinski definition) is 0. The van der Waals surface area contributed by atoms with Crippen molar-refractivity contribution < 1.29 is 12.8 Å². The van der Waals surface area contributed by atoms with Crippen molar-refractivity contribution in [2.24, 2.45) is 5.10 Å². The normalized spacial score (nSPS) is 17.0. The van der Waals surface area contributed by atoms with Gasteiger partial charge in [-0.1, -0.05) is 66.7 Å². The molecule has 3 aromatic carbocycles. The Bertz CT molecular complexity index is 1080. The first kappa shape index (κ1) is 17.4. The Labute approximate surface area is 157 Å². The van der Waals surface area contributed by atoms with Crippen LogP contribution in [0.3, 0.4) is 0 Å². The summed E-state index contributed by atoms with van der Waals surface area (Å²) in [7, 11) is -3.91. The number of hydrogen-bond acceptors (Lipinski definition) is 3. The lowest BCUT2D eigenvalue weighted by atomic mass is 9.99. The Morgan fingerprint density at radius 3 is 2.11 bits per heavy atom. The summed E-state index contributed by atoms with van der Waals surface area (Å²) >= 11 is 0. The van der Waals surface area contributed by atoms with Crippen LogP contribution in [0, 0.1) is 5.82 Å². The second-order valence-corrected chi connectivity index (χ2v) is 8.04. The van der Waals surface area contributed by atoms with Gasteiger partial charge < -0.3 is 0 Å². The molecule has 3 aromatic rings. The molecule has 0 N–H and O–H groups in total. The molecule has 0 bridgehead atoms. The van der Waals surface area contributed by atoms with Gasteiger partial charge in [0, 0.05) is 12.0 Å². The van der Waals surface area contributed by atoms with E-state index in [-0.39, 0.29) is 4.90 Å². The van der Waals surface area contributed by atoms with E-state index in [4.69, 9.17) is 0 Å². The van der Waals surface area contributed by atoms with E-state index in [0.29, 0.717) is 17.7 Å². The summed E-state index contributed by atoms with van der Waals surface area (Å²) in [5.41, 5.74) is 1.75. The first-order valence-electron chi connectivity index (χ1n) is 8.54. The van der Waals surface area contributed by atoms with Crippen LogP contribution in [0.2, 0.25) is 0 Å². The molecule has 0 saturated heterocycles. The first-order valence-corrected chi connectivity index (χ1v) is 9.98. The van der Waals surface area contributed by atoms with Crippen molar-refractivity contribution in [2.45, 2.75) is 17.4 Å². The van der Waals surface area contributed by atoms with Crippen molar-refractivity contribution >= 4 is 15.7 Å². The average Bonchev–Trinajstić information content (AvgIpc) is 3.16. The van der Waals surface area contributed by atoms with Crippen LogP contribution < -0.4 is 0 Å². The second-order valence-electron chi connectivity index (χ2n) is 6.24. The molecule has 27 heavy (non-hydrogen) atoms. The van der Waals surface area contributed by atoms with Crippen LogP contribution in [-0.4, -0.2) is 18.5 Å². The van der Waals surface area contributed by atoms with Crippen LogP contribution in [0.15, 0.2) is 94.9 Å². The number of sulfonamides is 1. The summed E-state index contributed by atoms with van der Waals surface area (Å²) in [5.74, 6) is -0.444. The Kier molecular flexibility index (Phi) is 4.49. The maximum Gasteiger partial charge on any atom is 0.279 e. The zero-order chi connectivity index (χ0) is 18.9. The highest BCUT2D eigenvalue weighted by Gasteiger charge is 2.38. The maximum atomic E-state index is 14.5. The Balaban J connectivity index is 1.83. The highest BCUT2D eigenvalue weighted by atomic mass is 32.2. The zero-order valence-electron chi connectivity index (χ0n) is 14.4. The van der Waals surface area contributed by atoms with Crippen molar-refractivity contribution in [1.82, 2.24) is 4.41 Å². The summed E-state index contributed by atoms with van der Waals surface area (Å²) in [6, 6.07) is 22.9. The highest BCUT2D eigenvalue weighted by molar-refractivity contribution is 7.89. The minimum Gasteiger partial charge on any atom is -0.207 e. The molecular weight excluding hydrogens is 363 g/mol. The van der Waals surface area contributed by atoms with E-state index < -0.39 is 21.9 Å². The Hall–Kier alpha value is -2.99. The Morgan fingerprint density at radius 1 is 0.852 bits per heavy atom. The lowest BCUT2D eigenvalue weighted by Gasteiger charge is -2.23. The molecule has 0 unspecified atom stereocenters. The molecule has 1 heterocycles. The van der Waals surface area contributed by atoms with Gasteiger partial charge in [0.2, 0.25) is 0 Å². The van der Waals surface area contributed by atoms with Gasteiger partial charge in [-0.3, -0.25) is 0 Å². The van der Waals surface area contributed by atoms with Gasteiger partial charge >= 0.3 is 0 Å². The summed E-state index contributed by atoms with van der Waals surface area (Å²) in [5, 5.41) is 4.40. The van der Waals surface area contributed by atoms with Gasteiger partial charge in [-0.25, -0.2) is 4.39 Å². The number of hydrazone groups is 1. The van der Waals surface area contributed by atoms with Crippen LogP contribution in [0.4, 0.5) is 4.39 Å². The van der Waals surface area contributed by atoms with E-state index in [9.17, 15) is 12.8 Å². The summed E-state index contributed by atoms with van der Waals surface area (Å²) in [4.78, 5) is 0.129. The van der Waals surface area contributed by atoms with E-state index in [0.717, 1.165) is 9.98 Å². The molecule has 1 atom stereocenters. The molecule has 0 aromatic heterocycles. The predicted molar refractivity (Wildman–Crippen MR) is 102 cm³/mol. The summed E-state index contributed by atoms with van der Waals surface area (Å²) in [6.07, 6.45) is 0.303. The third kappa shape index (κ3) is 3.24. The topological polar surface area (TPSA) is 49.7 Å². The Morgan fingerprint density at radius 2 is 1.44 bits per heavy atom. The molecule has 0 spiro atoms. The van der Waals surface area contributed by atoms with Crippen molar-refractivity contribution in [3.05, 3.63) is 102 Å². The van der Waals surface area contributed by atoms with Crippen LogP contribution >= 0.6 is 0 Å². The van der Waals surface area contributed by atoms with Gasteiger partial charge in [-0.05, 0) is 23.8 Å². The molecule has 0 radical (unpaired) electrons. The smallest absolute Gasteiger partial charge is 0.207 e. The average molecular weight is 380 g/mol. The third-order valence-corrected chi connectivity index (χ3v) is 6.23.